The quantitative estimate of drug-likeness (QED) is 0.796. The minimum atomic E-state index is -0.212. The molecule has 0 radical (unpaired) electrons. The molecule has 0 aliphatic carbocycles. The number of methoxy groups -OCH3 is 1. The van der Waals surface area contributed by atoms with E-state index >= 15 is 0 Å². The highest BCUT2D eigenvalue weighted by Crippen LogP contribution is 2.19. The van der Waals surface area contributed by atoms with Crippen LogP contribution in [0.25, 0.3) is 0 Å². The first-order chi connectivity index (χ1) is 9.61. The van der Waals surface area contributed by atoms with Crippen molar-refractivity contribution in [2.24, 2.45) is 7.05 Å². The summed E-state index contributed by atoms with van der Waals surface area (Å²) in [5, 5.41) is 2.83. The van der Waals surface area contributed by atoms with Crippen LogP contribution in [0.5, 0.6) is 5.75 Å². The summed E-state index contributed by atoms with van der Waals surface area (Å²) in [7, 11) is 3.47. The molecule has 0 fully saturated rings. The fourth-order valence-electron chi connectivity index (χ4n) is 1.88. The van der Waals surface area contributed by atoms with Crippen molar-refractivity contribution in [2.75, 3.05) is 19.4 Å². The molecule has 0 atom stereocenters. The van der Waals surface area contributed by atoms with E-state index in [4.69, 9.17) is 10.5 Å². The molecule has 6 nitrogen and oxygen atoms in total. The number of hydrogen-bond donors (Lipinski definition) is 2. The minimum Gasteiger partial charge on any atom is -0.497 e. The topological polar surface area (TPSA) is 82.2 Å². The molecule has 106 valence electrons. The molecule has 1 heterocycles. The van der Waals surface area contributed by atoms with Gasteiger partial charge >= 0.3 is 0 Å². The highest BCUT2D eigenvalue weighted by atomic mass is 16.5. The molecule has 1 amide bonds. The molecule has 0 aliphatic heterocycles. The maximum Gasteiger partial charge on any atom is 0.253 e. The summed E-state index contributed by atoms with van der Waals surface area (Å²) in [5.41, 5.74) is 6.65. The van der Waals surface area contributed by atoms with Crippen LogP contribution in [0.2, 0.25) is 0 Å². The Morgan fingerprint density at radius 2 is 2.30 bits per heavy atom. The van der Waals surface area contributed by atoms with E-state index in [1.54, 1.807) is 31.5 Å². The summed E-state index contributed by atoms with van der Waals surface area (Å²) in [4.78, 5) is 16.3. The molecule has 2 aromatic rings. The van der Waals surface area contributed by atoms with E-state index in [1.165, 1.54) is 0 Å². The lowest BCUT2D eigenvalue weighted by Gasteiger charge is -2.09. The number of nitrogens with zero attached hydrogens (tertiary/aromatic N) is 2. The third-order valence-electron chi connectivity index (χ3n) is 3.06. The van der Waals surface area contributed by atoms with Gasteiger partial charge in [0.25, 0.3) is 5.91 Å². The van der Waals surface area contributed by atoms with E-state index in [9.17, 15) is 4.79 Å². The van der Waals surface area contributed by atoms with Crippen molar-refractivity contribution in [3.8, 4) is 5.75 Å². The predicted octanol–water partition coefficient (Wildman–Crippen LogP) is 0.983. The van der Waals surface area contributed by atoms with Gasteiger partial charge in [-0.25, -0.2) is 4.98 Å². The van der Waals surface area contributed by atoms with Gasteiger partial charge in [-0.05, 0) is 18.2 Å². The Labute approximate surface area is 117 Å². The van der Waals surface area contributed by atoms with Crippen LogP contribution in [-0.2, 0) is 13.5 Å². The number of amides is 1. The second-order valence-corrected chi connectivity index (χ2v) is 4.41. The Kier molecular flexibility index (Phi) is 4.24. The standard InChI is InChI=1S/C14H18N4O2/c1-18-8-7-16-13(18)5-6-17-14(19)11-9-10(20-2)3-4-12(11)15/h3-4,7-9H,5-6,15H2,1-2H3,(H,17,19). The fraction of sp³-hybridized carbons (Fsp3) is 0.286. The molecule has 1 aromatic carbocycles. The van der Waals surface area contributed by atoms with Crippen molar-refractivity contribution < 1.29 is 9.53 Å². The molecule has 6 heteroatoms. The summed E-state index contributed by atoms with van der Waals surface area (Å²) >= 11 is 0. The lowest BCUT2D eigenvalue weighted by Crippen LogP contribution is -2.27. The zero-order valence-corrected chi connectivity index (χ0v) is 11.6. The Morgan fingerprint density at radius 3 is 2.95 bits per heavy atom. The van der Waals surface area contributed by atoms with Gasteiger partial charge in [-0.2, -0.15) is 0 Å². The Hall–Kier alpha value is -2.50. The molecular weight excluding hydrogens is 256 g/mol. The van der Waals surface area contributed by atoms with Gasteiger partial charge in [-0.3, -0.25) is 4.79 Å². The van der Waals surface area contributed by atoms with Crippen molar-refractivity contribution in [1.82, 2.24) is 14.9 Å². The van der Waals surface area contributed by atoms with E-state index in [-0.39, 0.29) is 5.91 Å². The van der Waals surface area contributed by atoms with E-state index in [2.05, 4.69) is 10.3 Å². The van der Waals surface area contributed by atoms with Gasteiger partial charge in [-0.1, -0.05) is 0 Å². The molecule has 3 N–H and O–H groups in total. The zero-order chi connectivity index (χ0) is 14.5. The molecule has 0 spiro atoms. The van der Waals surface area contributed by atoms with Gasteiger partial charge in [-0.15, -0.1) is 0 Å². The van der Waals surface area contributed by atoms with Crippen molar-refractivity contribution in [3.63, 3.8) is 0 Å². The average molecular weight is 274 g/mol. The maximum absolute atomic E-state index is 12.1. The van der Waals surface area contributed by atoms with Gasteiger partial charge < -0.3 is 20.4 Å². The smallest absolute Gasteiger partial charge is 0.253 e. The first-order valence-corrected chi connectivity index (χ1v) is 6.29. The Morgan fingerprint density at radius 1 is 1.50 bits per heavy atom. The van der Waals surface area contributed by atoms with E-state index < -0.39 is 0 Å². The molecule has 0 aliphatic rings. The number of imidazole rings is 1. The second kappa shape index (κ2) is 6.10. The number of aryl methyl sites for hydroxylation is 1. The van der Waals surface area contributed by atoms with Gasteiger partial charge in [0.1, 0.15) is 11.6 Å². The summed E-state index contributed by atoms with van der Waals surface area (Å²) in [5.74, 6) is 1.31. The number of nitrogen functional groups attached to an aromatic ring is 1. The molecule has 20 heavy (non-hydrogen) atoms. The van der Waals surface area contributed by atoms with Crippen molar-refractivity contribution in [1.29, 1.82) is 0 Å². The lowest BCUT2D eigenvalue weighted by atomic mass is 10.1. The Balaban J connectivity index is 1.96. The van der Waals surface area contributed by atoms with Crippen LogP contribution in [0.4, 0.5) is 5.69 Å². The first kappa shape index (κ1) is 13.9. The fourth-order valence-corrected chi connectivity index (χ4v) is 1.88. The van der Waals surface area contributed by atoms with Gasteiger partial charge in [0, 0.05) is 38.1 Å². The van der Waals surface area contributed by atoms with Gasteiger partial charge in [0.15, 0.2) is 0 Å². The maximum atomic E-state index is 12.1. The largest absolute Gasteiger partial charge is 0.497 e. The summed E-state index contributed by atoms with van der Waals surface area (Å²) < 4.78 is 7.01. The van der Waals surface area contributed by atoms with Crippen molar-refractivity contribution in [3.05, 3.63) is 42.0 Å². The summed E-state index contributed by atoms with van der Waals surface area (Å²) in [6.07, 6.45) is 4.27. The number of nitrogens with one attached hydrogen (secondary N) is 1. The van der Waals surface area contributed by atoms with E-state index in [1.807, 2.05) is 17.8 Å². The Bertz CT molecular complexity index is 607. The molecule has 0 unspecified atom stereocenters. The van der Waals surface area contributed by atoms with Crippen LogP contribution in [0.3, 0.4) is 0 Å². The third kappa shape index (κ3) is 3.09. The van der Waals surface area contributed by atoms with Crippen LogP contribution in [-0.4, -0.2) is 29.1 Å². The third-order valence-corrected chi connectivity index (χ3v) is 3.06. The molecule has 0 saturated carbocycles. The summed E-state index contributed by atoms with van der Waals surface area (Å²) in [6.45, 7) is 0.500. The molecule has 0 saturated heterocycles. The minimum absolute atomic E-state index is 0.212. The highest BCUT2D eigenvalue weighted by molar-refractivity contribution is 5.99. The molecule has 2 rings (SSSR count). The number of carbonyl (C=O) groups excluding carboxylic acids is 1. The number of nitrogens with two attached hydrogens (primary N) is 1. The highest BCUT2D eigenvalue weighted by Gasteiger charge is 2.11. The molecule has 1 aromatic heterocycles. The average Bonchev–Trinajstić information content (AvgIpc) is 2.85. The SMILES string of the molecule is COc1ccc(N)c(C(=O)NCCc2nccn2C)c1. The number of carbonyl (C=O) groups is 1. The number of aromatic nitrogens is 2. The van der Waals surface area contributed by atoms with E-state index in [0.29, 0.717) is 30.0 Å². The predicted molar refractivity (Wildman–Crippen MR) is 76.7 cm³/mol. The van der Waals surface area contributed by atoms with Crippen LogP contribution in [0.15, 0.2) is 30.6 Å². The van der Waals surface area contributed by atoms with Crippen LogP contribution >= 0.6 is 0 Å². The van der Waals surface area contributed by atoms with Crippen LogP contribution in [0, 0.1) is 0 Å². The van der Waals surface area contributed by atoms with E-state index in [0.717, 1.165) is 5.82 Å². The summed E-state index contributed by atoms with van der Waals surface area (Å²) in [6, 6.07) is 5.01. The normalized spacial score (nSPS) is 10.3. The zero-order valence-electron chi connectivity index (χ0n) is 11.6. The van der Waals surface area contributed by atoms with Crippen molar-refractivity contribution >= 4 is 11.6 Å². The number of anilines is 1. The number of hydrogen-bond acceptors (Lipinski definition) is 4. The monoisotopic (exact) mass is 274 g/mol. The second-order valence-electron chi connectivity index (χ2n) is 4.41. The van der Waals surface area contributed by atoms with Crippen LogP contribution < -0.4 is 15.8 Å². The van der Waals surface area contributed by atoms with Gasteiger partial charge in [0.05, 0.1) is 12.7 Å². The number of benzene rings is 1. The number of rotatable bonds is 5. The van der Waals surface area contributed by atoms with Crippen molar-refractivity contribution in [2.45, 2.75) is 6.42 Å². The first-order valence-electron chi connectivity index (χ1n) is 6.29. The molecule has 0 bridgehead atoms. The number of ether oxygens (including phenoxy) is 1. The van der Waals surface area contributed by atoms with Gasteiger partial charge in [0.2, 0.25) is 0 Å². The molecular formula is C14H18N4O2. The van der Waals surface area contributed by atoms with Crippen LogP contribution in [0.1, 0.15) is 16.2 Å². The lowest BCUT2D eigenvalue weighted by molar-refractivity contribution is 0.0954.